The molecule has 1 aromatic heterocycles. The minimum atomic E-state index is 0.336. The van der Waals surface area contributed by atoms with E-state index in [9.17, 15) is 0 Å². The van der Waals surface area contributed by atoms with Crippen molar-refractivity contribution in [3.63, 3.8) is 0 Å². The third kappa shape index (κ3) is 2.90. The van der Waals surface area contributed by atoms with E-state index in [1.807, 2.05) is 6.07 Å². The topological polar surface area (TPSA) is 64.3 Å². The van der Waals surface area contributed by atoms with Crippen LogP contribution in [0.25, 0.3) is 11.3 Å². The van der Waals surface area contributed by atoms with Crippen LogP contribution in [0.4, 0.5) is 11.6 Å². The Kier molecular flexibility index (Phi) is 4.14. The van der Waals surface area contributed by atoms with E-state index in [0.29, 0.717) is 40.3 Å². The van der Waals surface area contributed by atoms with Crippen molar-refractivity contribution in [2.24, 2.45) is 0 Å². The fraction of sp³-hybridized carbons (Fsp3) is 0.286. The number of rotatable bonds is 2. The van der Waals surface area contributed by atoms with Crippen LogP contribution in [0.5, 0.6) is 0 Å². The number of aromatic nitrogens is 2. The summed E-state index contributed by atoms with van der Waals surface area (Å²) in [6, 6.07) is 5.35. The standard InChI is InChI=1S/C14H14Cl2N4O/c15-10-3-1-2-9(12(10)16)13-14(17)19-11(8-18-13)20-4-6-21-7-5-20/h1-3,8H,4-7H2,(H2,17,19). The second-order valence-corrected chi connectivity index (χ2v) is 5.45. The van der Waals surface area contributed by atoms with Gasteiger partial charge < -0.3 is 15.4 Å². The Morgan fingerprint density at radius 3 is 2.67 bits per heavy atom. The highest BCUT2D eigenvalue weighted by Crippen LogP contribution is 2.34. The van der Waals surface area contributed by atoms with Gasteiger partial charge in [-0.15, -0.1) is 0 Å². The van der Waals surface area contributed by atoms with Crippen LogP contribution >= 0.6 is 23.2 Å². The highest BCUT2D eigenvalue weighted by Gasteiger charge is 2.16. The summed E-state index contributed by atoms with van der Waals surface area (Å²) < 4.78 is 5.32. The minimum Gasteiger partial charge on any atom is -0.382 e. The number of morpholine rings is 1. The van der Waals surface area contributed by atoms with Crippen molar-refractivity contribution in [2.45, 2.75) is 0 Å². The predicted molar refractivity (Wildman–Crippen MR) is 84.9 cm³/mol. The van der Waals surface area contributed by atoms with Crippen molar-refractivity contribution < 1.29 is 4.74 Å². The molecule has 1 aliphatic rings. The molecule has 1 fully saturated rings. The van der Waals surface area contributed by atoms with Gasteiger partial charge in [-0.25, -0.2) is 9.97 Å². The third-order valence-corrected chi connectivity index (χ3v) is 4.15. The van der Waals surface area contributed by atoms with Gasteiger partial charge in [0.05, 0.1) is 29.5 Å². The number of nitrogens with two attached hydrogens (primary N) is 1. The molecule has 0 unspecified atom stereocenters. The van der Waals surface area contributed by atoms with E-state index in [0.717, 1.165) is 18.9 Å². The first kappa shape index (κ1) is 14.4. The summed E-state index contributed by atoms with van der Waals surface area (Å²) in [6.45, 7) is 2.93. The lowest BCUT2D eigenvalue weighted by Crippen LogP contribution is -2.36. The molecule has 1 aromatic carbocycles. The highest BCUT2D eigenvalue weighted by atomic mass is 35.5. The molecule has 0 bridgehead atoms. The molecule has 0 atom stereocenters. The van der Waals surface area contributed by atoms with Crippen molar-refractivity contribution in [2.75, 3.05) is 36.9 Å². The Balaban J connectivity index is 1.96. The van der Waals surface area contributed by atoms with Crippen LogP contribution in [0.1, 0.15) is 0 Å². The molecule has 0 spiro atoms. The molecule has 5 nitrogen and oxygen atoms in total. The number of hydrogen-bond acceptors (Lipinski definition) is 5. The molecule has 0 aliphatic carbocycles. The van der Waals surface area contributed by atoms with E-state index < -0.39 is 0 Å². The minimum absolute atomic E-state index is 0.336. The fourth-order valence-electron chi connectivity index (χ4n) is 2.23. The van der Waals surface area contributed by atoms with Crippen molar-refractivity contribution in [3.05, 3.63) is 34.4 Å². The Morgan fingerprint density at radius 1 is 1.19 bits per heavy atom. The SMILES string of the molecule is Nc1nc(N2CCOCC2)cnc1-c1cccc(Cl)c1Cl. The fourth-order valence-corrected chi connectivity index (χ4v) is 2.62. The van der Waals surface area contributed by atoms with Crippen LogP contribution in [0.2, 0.25) is 10.0 Å². The Labute approximate surface area is 132 Å². The molecule has 2 heterocycles. The molecule has 1 aliphatic heterocycles. The zero-order valence-electron chi connectivity index (χ0n) is 11.2. The smallest absolute Gasteiger partial charge is 0.152 e. The van der Waals surface area contributed by atoms with Gasteiger partial charge in [-0.2, -0.15) is 0 Å². The maximum Gasteiger partial charge on any atom is 0.152 e. The van der Waals surface area contributed by atoms with E-state index in [4.69, 9.17) is 33.7 Å². The van der Waals surface area contributed by atoms with Crippen LogP contribution in [0, 0.1) is 0 Å². The number of ether oxygens (including phenoxy) is 1. The van der Waals surface area contributed by atoms with E-state index in [1.54, 1.807) is 18.3 Å². The molecule has 2 aromatic rings. The molecule has 110 valence electrons. The summed E-state index contributed by atoms with van der Waals surface area (Å²) in [5, 5.41) is 0.895. The average molecular weight is 325 g/mol. The van der Waals surface area contributed by atoms with Crippen molar-refractivity contribution in [1.29, 1.82) is 0 Å². The maximum absolute atomic E-state index is 6.21. The van der Waals surface area contributed by atoms with E-state index in [1.165, 1.54) is 0 Å². The summed E-state index contributed by atoms with van der Waals surface area (Å²) in [4.78, 5) is 10.9. The molecule has 2 N–H and O–H groups in total. The summed E-state index contributed by atoms with van der Waals surface area (Å²) in [7, 11) is 0. The van der Waals surface area contributed by atoms with Gasteiger partial charge in [0.1, 0.15) is 11.5 Å². The normalized spacial score (nSPS) is 15.2. The summed E-state index contributed by atoms with van der Waals surface area (Å²) in [5.74, 6) is 1.08. The first-order chi connectivity index (χ1) is 10.2. The molecule has 1 saturated heterocycles. The first-order valence-electron chi connectivity index (χ1n) is 6.56. The highest BCUT2D eigenvalue weighted by molar-refractivity contribution is 6.43. The number of halogens is 2. The number of hydrogen-bond donors (Lipinski definition) is 1. The molecular weight excluding hydrogens is 311 g/mol. The molecule has 21 heavy (non-hydrogen) atoms. The lowest BCUT2D eigenvalue weighted by Gasteiger charge is -2.27. The number of nitrogens with zero attached hydrogens (tertiary/aromatic N) is 3. The molecule has 0 saturated carbocycles. The molecule has 0 radical (unpaired) electrons. The predicted octanol–water partition coefficient (Wildman–Crippen LogP) is 2.87. The monoisotopic (exact) mass is 324 g/mol. The van der Waals surface area contributed by atoms with Gasteiger partial charge in [0.2, 0.25) is 0 Å². The molecule has 7 heteroatoms. The van der Waals surface area contributed by atoms with Gasteiger partial charge in [0.15, 0.2) is 5.82 Å². The Bertz CT molecular complexity index is 659. The third-order valence-electron chi connectivity index (χ3n) is 3.33. The maximum atomic E-state index is 6.21. The van der Waals surface area contributed by atoms with Crippen LogP contribution in [0.15, 0.2) is 24.4 Å². The molecule has 3 rings (SSSR count). The van der Waals surface area contributed by atoms with Gasteiger partial charge >= 0.3 is 0 Å². The van der Waals surface area contributed by atoms with Crippen molar-refractivity contribution in [3.8, 4) is 11.3 Å². The molecular formula is C14H14Cl2N4O. The zero-order chi connectivity index (χ0) is 14.8. The Morgan fingerprint density at radius 2 is 1.95 bits per heavy atom. The number of nitrogen functional groups attached to an aromatic ring is 1. The Hall–Kier alpha value is -1.56. The van der Waals surface area contributed by atoms with Gasteiger partial charge in [0, 0.05) is 18.7 Å². The van der Waals surface area contributed by atoms with Gasteiger partial charge in [-0.05, 0) is 6.07 Å². The second kappa shape index (κ2) is 6.05. The number of benzene rings is 1. The van der Waals surface area contributed by atoms with E-state index in [-0.39, 0.29) is 0 Å². The second-order valence-electron chi connectivity index (χ2n) is 4.66. The van der Waals surface area contributed by atoms with Crippen LogP contribution < -0.4 is 10.6 Å². The van der Waals surface area contributed by atoms with Gasteiger partial charge in [-0.3, -0.25) is 0 Å². The van der Waals surface area contributed by atoms with Gasteiger partial charge in [-0.1, -0.05) is 35.3 Å². The summed E-state index contributed by atoms with van der Waals surface area (Å²) in [6.07, 6.45) is 1.70. The van der Waals surface area contributed by atoms with Crippen LogP contribution in [0.3, 0.4) is 0 Å². The quantitative estimate of drug-likeness (QED) is 0.920. The lowest BCUT2D eigenvalue weighted by molar-refractivity contribution is 0.122. The lowest BCUT2D eigenvalue weighted by atomic mass is 10.1. The van der Waals surface area contributed by atoms with Crippen LogP contribution in [-0.2, 0) is 4.74 Å². The van der Waals surface area contributed by atoms with Gasteiger partial charge in [0.25, 0.3) is 0 Å². The van der Waals surface area contributed by atoms with Crippen LogP contribution in [-0.4, -0.2) is 36.3 Å². The summed E-state index contributed by atoms with van der Waals surface area (Å²) in [5.41, 5.74) is 7.27. The first-order valence-corrected chi connectivity index (χ1v) is 7.32. The largest absolute Gasteiger partial charge is 0.382 e. The van der Waals surface area contributed by atoms with E-state index >= 15 is 0 Å². The van der Waals surface area contributed by atoms with Crippen molar-refractivity contribution >= 4 is 34.8 Å². The average Bonchev–Trinajstić information content (AvgIpc) is 2.51. The summed E-state index contributed by atoms with van der Waals surface area (Å²) >= 11 is 12.2. The zero-order valence-corrected chi connectivity index (χ0v) is 12.7. The van der Waals surface area contributed by atoms with Crippen molar-refractivity contribution in [1.82, 2.24) is 9.97 Å². The number of anilines is 2. The van der Waals surface area contributed by atoms with E-state index in [2.05, 4.69) is 14.9 Å². The molecule has 0 amide bonds.